The maximum Gasteiger partial charge on any atom is 0.152 e. The van der Waals surface area contributed by atoms with Crippen LogP contribution in [-0.4, -0.2) is 14.8 Å². The standard InChI is InChI=1S/C12H17N5/c1-3-17-8-15-16-12(17)7-14-10-5-4-9(2)11(13)6-10/h4-6,8,14H,3,7,13H2,1-2H3. The minimum Gasteiger partial charge on any atom is -0.398 e. The quantitative estimate of drug-likeness (QED) is 0.787. The highest BCUT2D eigenvalue weighted by molar-refractivity contribution is 5.58. The Morgan fingerprint density at radius 3 is 2.94 bits per heavy atom. The monoisotopic (exact) mass is 231 g/mol. The fourth-order valence-electron chi connectivity index (χ4n) is 1.61. The third-order valence-electron chi connectivity index (χ3n) is 2.77. The molecule has 0 fully saturated rings. The van der Waals surface area contributed by atoms with Crippen molar-refractivity contribution in [3.05, 3.63) is 35.9 Å². The Labute approximate surface area is 101 Å². The summed E-state index contributed by atoms with van der Waals surface area (Å²) in [5, 5.41) is 11.2. The summed E-state index contributed by atoms with van der Waals surface area (Å²) in [5.74, 6) is 0.923. The van der Waals surface area contributed by atoms with Gasteiger partial charge in [-0.2, -0.15) is 0 Å². The number of aromatic nitrogens is 3. The van der Waals surface area contributed by atoms with Crippen LogP contribution in [0.1, 0.15) is 18.3 Å². The van der Waals surface area contributed by atoms with Gasteiger partial charge in [-0.3, -0.25) is 0 Å². The Kier molecular flexibility index (Phi) is 3.27. The highest BCUT2D eigenvalue weighted by Gasteiger charge is 2.02. The van der Waals surface area contributed by atoms with Crippen molar-refractivity contribution in [2.24, 2.45) is 0 Å². The van der Waals surface area contributed by atoms with Crippen LogP contribution >= 0.6 is 0 Å². The summed E-state index contributed by atoms with van der Waals surface area (Å²) in [5.41, 5.74) is 8.74. The molecule has 0 saturated heterocycles. The molecular formula is C12H17N5. The van der Waals surface area contributed by atoms with Crippen molar-refractivity contribution in [2.45, 2.75) is 26.9 Å². The van der Waals surface area contributed by atoms with Gasteiger partial charge >= 0.3 is 0 Å². The molecule has 0 atom stereocenters. The topological polar surface area (TPSA) is 68.8 Å². The van der Waals surface area contributed by atoms with Gasteiger partial charge in [-0.15, -0.1) is 10.2 Å². The third kappa shape index (κ3) is 2.55. The van der Waals surface area contributed by atoms with Crippen LogP contribution in [0, 0.1) is 6.92 Å². The van der Waals surface area contributed by atoms with Crippen LogP contribution in [0.25, 0.3) is 0 Å². The van der Waals surface area contributed by atoms with E-state index in [1.54, 1.807) is 6.33 Å². The van der Waals surface area contributed by atoms with Gasteiger partial charge in [0.05, 0.1) is 6.54 Å². The van der Waals surface area contributed by atoms with Gasteiger partial charge in [0.25, 0.3) is 0 Å². The molecule has 3 N–H and O–H groups in total. The molecule has 17 heavy (non-hydrogen) atoms. The van der Waals surface area contributed by atoms with Crippen molar-refractivity contribution in [3.8, 4) is 0 Å². The van der Waals surface area contributed by atoms with E-state index < -0.39 is 0 Å². The normalized spacial score (nSPS) is 10.5. The third-order valence-corrected chi connectivity index (χ3v) is 2.77. The van der Waals surface area contributed by atoms with Crippen molar-refractivity contribution in [1.82, 2.24) is 14.8 Å². The molecule has 0 radical (unpaired) electrons. The van der Waals surface area contributed by atoms with E-state index in [1.807, 2.05) is 29.7 Å². The summed E-state index contributed by atoms with van der Waals surface area (Å²) in [6.07, 6.45) is 1.74. The first-order chi connectivity index (χ1) is 8.20. The first-order valence-electron chi connectivity index (χ1n) is 5.67. The van der Waals surface area contributed by atoms with E-state index in [0.717, 1.165) is 29.3 Å². The second-order valence-electron chi connectivity index (χ2n) is 3.96. The molecule has 1 aromatic heterocycles. The number of nitrogen functional groups attached to an aromatic ring is 1. The first-order valence-corrected chi connectivity index (χ1v) is 5.67. The zero-order valence-electron chi connectivity index (χ0n) is 10.1. The number of benzene rings is 1. The van der Waals surface area contributed by atoms with Gasteiger partial charge in [0.1, 0.15) is 6.33 Å². The molecule has 5 heteroatoms. The number of nitrogens with one attached hydrogen (secondary N) is 1. The van der Waals surface area contributed by atoms with Gasteiger partial charge < -0.3 is 15.6 Å². The van der Waals surface area contributed by atoms with Crippen LogP contribution < -0.4 is 11.1 Å². The summed E-state index contributed by atoms with van der Waals surface area (Å²) in [4.78, 5) is 0. The highest BCUT2D eigenvalue weighted by atomic mass is 15.3. The molecule has 2 aromatic rings. The second-order valence-corrected chi connectivity index (χ2v) is 3.96. The Morgan fingerprint density at radius 2 is 2.24 bits per heavy atom. The molecule has 0 aliphatic heterocycles. The molecular weight excluding hydrogens is 214 g/mol. The van der Waals surface area contributed by atoms with Gasteiger partial charge in [0.2, 0.25) is 0 Å². The summed E-state index contributed by atoms with van der Waals surface area (Å²) < 4.78 is 2.00. The molecule has 0 aliphatic rings. The molecule has 0 bridgehead atoms. The lowest BCUT2D eigenvalue weighted by atomic mass is 10.2. The number of aryl methyl sites for hydroxylation is 2. The minimum atomic E-state index is 0.649. The highest BCUT2D eigenvalue weighted by Crippen LogP contribution is 2.17. The van der Waals surface area contributed by atoms with Crippen molar-refractivity contribution >= 4 is 11.4 Å². The molecule has 1 heterocycles. The smallest absolute Gasteiger partial charge is 0.152 e. The largest absolute Gasteiger partial charge is 0.398 e. The number of anilines is 2. The molecule has 1 aromatic carbocycles. The fourth-order valence-corrected chi connectivity index (χ4v) is 1.61. The van der Waals surface area contributed by atoms with Crippen molar-refractivity contribution in [3.63, 3.8) is 0 Å². The summed E-state index contributed by atoms with van der Waals surface area (Å²) in [7, 11) is 0. The molecule has 90 valence electrons. The van der Waals surface area contributed by atoms with Crippen LogP contribution in [0.2, 0.25) is 0 Å². The van der Waals surface area contributed by atoms with Crippen molar-refractivity contribution < 1.29 is 0 Å². The predicted octanol–water partition coefficient (Wildman–Crippen LogP) is 1.80. The Balaban J connectivity index is 2.05. The summed E-state index contributed by atoms with van der Waals surface area (Å²) in [6, 6.07) is 5.95. The minimum absolute atomic E-state index is 0.649. The van der Waals surface area contributed by atoms with E-state index >= 15 is 0 Å². The lowest BCUT2D eigenvalue weighted by Gasteiger charge is -2.08. The molecule has 2 rings (SSSR count). The number of nitrogens with zero attached hydrogens (tertiary/aromatic N) is 3. The van der Waals surface area contributed by atoms with Crippen LogP contribution in [-0.2, 0) is 13.1 Å². The SMILES string of the molecule is CCn1cnnc1CNc1ccc(C)c(N)c1. The average Bonchev–Trinajstić information content (AvgIpc) is 2.78. The molecule has 0 amide bonds. The molecule has 0 spiro atoms. The van der Waals surface area contributed by atoms with E-state index in [1.165, 1.54) is 0 Å². The van der Waals surface area contributed by atoms with Gasteiger partial charge in [-0.05, 0) is 31.5 Å². The molecule has 0 saturated carbocycles. The first kappa shape index (κ1) is 11.4. The fraction of sp³-hybridized carbons (Fsp3) is 0.333. The lowest BCUT2D eigenvalue weighted by Crippen LogP contribution is -2.07. The van der Waals surface area contributed by atoms with Crippen molar-refractivity contribution in [2.75, 3.05) is 11.1 Å². The van der Waals surface area contributed by atoms with E-state index in [-0.39, 0.29) is 0 Å². The van der Waals surface area contributed by atoms with Crippen LogP contribution in [0.5, 0.6) is 0 Å². The zero-order valence-corrected chi connectivity index (χ0v) is 10.1. The summed E-state index contributed by atoms with van der Waals surface area (Å²) >= 11 is 0. The number of rotatable bonds is 4. The van der Waals surface area contributed by atoms with Crippen molar-refractivity contribution in [1.29, 1.82) is 0 Å². The molecule has 0 aliphatic carbocycles. The van der Waals surface area contributed by atoms with E-state index in [2.05, 4.69) is 22.4 Å². The lowest BCUT2D eigenvalue weighted by molar-refractivity contribution is 0.708. The number of nitrogens with two attached hydrogens (primary N) is 1. The summed E-state index contributed by atoms with van der Waals surface area (Å²) in [6.45, 7) is 5.58. The average molecular weight is 231 g/mol. The van der Waals surface area contributed by atoms with E-state index in [9.17, 15) is 0 Å². The Hall–Kier alpha value is -2.04. The zero-order chi connectivity index (χ0) is 12.3. The number of hydrogen-bond acceptors (Lipinski definition) is 4. The van der Waals surface area contributed by atoms with Gasteiger partial charge in [0.15, 0.2) is 5.82 Å². The van der Waals surface area contributed by atoms with Crippen LogP contribution in [0.4, 0.5) is 11.4 Å². The molecule has 0 unspecified atom stereocenters. The maximum absolute atomic E-state index is 5.85. The number of hydrogen-bond donors (Lipinski definition) is 2. The van der Waals surface area contributed by atoms with Gasteiger partial charge in [0, 0.05) is 17.9 Å². The predicted molar refractivity (Wildman–Crippen MR) is 68.6 cm³/mol. The van der Waals surface area contributed by atoms with Gasteiger partial charge in [-0.25, -0.2) is 0 Å². The Morgan fingerprint density at radius 1 is 1.41 bits per heavy atom. The van der Waals surface area contributed by atoms with Crippen LogP contribution in [0.3, 0.4) is 0 Å². The molecule has 5 nitrogen and oxygen atoms in total. The van der Waals surface area contributed by atoms with E-state index in [4.69, 9.17) is 5.73 Å². The van der Waals surface area contributed by atoms with Gasteiger partial charge in [-0.1, -0.05) is 6.07 Å². The van der Waals surface area contributed by atoms with Crippen LogP contribution in [0.15, 0.2) is 24.5 Å². The Bertz CT molecular complexity index is 503. The second kappa shape index (κ2) is 4.86. The van der Waals surface area contributed by atoms with E-state index in [0.29, 0.717) is 6.54 Å². The maximum atomic E-state index is 5.85.